The predicted molar refractivity (Wildman–Crippen MR) is 87.2 cm³/mol. The molecule has 0 aliphatic heterocycles. The SMILES string of the molecule is CC(NC(=O)c1ccc(Br)o1)c1cccc(NS(C)(=O)=O)c1. The van der Waals surface area contributed by atoms with Crippen LogP contribution in [0.2, 0.25) is 0 Å². The number of halogens is 1. The van der Waals surface area contributed by atoms with Crippen LogP contribution >= 0.6 is 15.9 Å². The first-order valence-corrected chi connectivity index (χ1v) is 9.07. The average molecular weight is 387 g/mol. The molecule has 2 N–H and O–H groups in total. The van der Waals surface area contributed by atoms with E-state index in [0.717, 1.165) is 11.8 Å². The average Bonchev–Trinajstić information content (AvgIpc) is 2.84. The summed E-state index contributed by atoms with van der Waals surface area (Å²) in [6, 6.07) is 9.72. The lowest BCUT2D eigenvalue weighted by atomic mass is 10.1. The van der Waals surface area contributed by atoms with Gasteiger partial charge in [-0.15, -0.1) is 0 Å². The second-order valence-electron chi connectivity index (χ2n) is 4.80. The lowest BCUT2D eigenvalue weighted by Gasteiger charge is -2.14. The summed E-state index contributed by atoms with van der Waals surface area (Å²) >= 11 is 3.14. The van der Waals surface area contributed by atoms with Crippen molar-refractivity contribution < 1.29 is 17.6 Å². The van der Waals surface area contributed by atoms with Crippen LogP contribution in [0.1, 0.15) is 29.1 Å². The molecule has 22 heavy (non-hydrogen) atoms. The van der Waals surface area contributed by atoms with Crippen LogP contribution in [-0.2, 0) is 10.0 Å². The summed E-state index contributed by atoms with van der Waals surface area (Å²) in [4.78, 5) is 12.0. The van der Waals surface area contributed by atoms with E-state index in [1.807, 2.05) is 0 Å². The van der Waals surface area contributed by atoms with Crippen LogP contribution in [0.3, 0.4) is 0 Å². The van der Waals surface area contributed by atoms with Gasteiger partial charge in [0, 0.05) is 5.69 Å². The van der Waals surface area contributed by atoms with Gasteiger partial charge in [0.1, 0.15) is 0 Å². The zero-order valence-electron chi connectivity index (χ0n) is 12.0. The van der Waals surface area contributed by atoms with Crippen molar-refractivity contribution in [2.75, 3.05) is 11.0 Å². The van der Waals surface area contributed by atoms with Crippen molar-refractivity contribution >= 4 is 37.5 Å². The lowest BCUT2D eigenvalue weighted by Crippen LogP contribution is -2.26. The first kappa shape index (κ1) is 16.6. The van der Waals surface area contributed by atoms with Gasteiger partial charge in [-0.05, 0) is 52.7 Å². The fourth-order valence-electron chi connectivity index (χ4n) is 1.87. The molecule has 2 aromatic rings. The van der Waals surface area contributed by atoms with Gasteiger partial charge in [-0.25, -0.2) is 8.42 Å². The van der Waals surface area contributed by atoms with Crippen molar-refractivity contribution in [3.8, 4) is 0 Å². The third-order valence-electron chi connectivity index (χ3n) is 2.83. The smallest absolute Gasteiger partial charge is 0.287 e. The van der Waals surface area contributed by atoms with E-state index < -0.39 is 10.0 Å². The zero-order chi connectivity index (χ0) is 16.3. The number of hydrogen-bond acceptors (Lipinski definition) is 4. The molecule has 0 radical (unpaired) electrons. The van der Waals surface area contributed by atoms with Crippen LogP contribution in [0.4, 0.5) is 5.69 Å². The van der Waals surface area contributed by atoms with Crippen LogP contribution in [0, 0.1) is 0 Å². The number of hydrogen-bond donors (Lipinski definition) is 2. The number of benzene rings is 1. The van der Waals surface area contributed by atoms with Crippen LogP contribution in [-0.4, -0.2) is 20.6 Å². The summed E-state index contributed by atoms with van der Waals surface area (Å²) in [6.45, 7) is 1.80. The largest absolute Gasteiger partial charge is 0.444 e. The summed E-state index contributed by atoms with van der Waals surface area (Å²) in [7, 11) is -3.34. The van der Waals surface area contributed by atoms with Crippen LogP contribution in [0.15, 0.2) is 45.5 Å². The zero-order valence-corrected chi connectivity index (χ0v) is 14.4. The van der Waals surface area contributed by atoms with Gasteiger partial charge in [-0.2, -0.15) is 0 Å². The molecule has 1 atom stereocenters. The minimum absolute atomic E-state index is 0.198. The number of rotatable bonds is 5. The van der Waals surface area contributed by atoms with Crippen LogP contribution < -0.4 is 10.0 Å². The fraction of sp³-hybridized carbons (Fsp3) is 0.214. The number of anilines is 1. The van der Waals surface area contributed by atoms with E-state index in [1.54, 1.807) is 43.3 Å². The van der Waals surface area contributed by atoms with Gasteiger partial charge in [0.2, 0.25) is 10.0 Å². The molecule has 0 saturated carbocycles. The monoisotopic (exact) mass is 386 g/mol. The van der Waals surface area contributed by atoms with Crippen molar-refractivity contribution in [3.05, 3.63) is 52.4 Å². The Labute approximate surface area is 137 Å². The van der Waals surface area contributed by atoms with E-state index in [4.69, 9.17) is 4.42 Å². The predicted octanol–water partition coefficient (Wildman–Crippen LogP) is 2.90. The molecule has 1 unspecified atom stereocenters. The Morgan fingerprint density at radius 1 is 1.27 bits per heavy atom. The molecular formula is C14H15BrN2O4S. The molecule has 1 heterocycles. The molecule has 8 heteroatoms. The first-order chi connectivity index (χ1) is 10.2. The van der Waals surface area contributed by atoms with Gasteiger partial charge in [-0.1, -0.05) is 12.1 Å². The maximum absolute atomic E-state index is 12.0. The highest BCUT2D eigenvalue weighted by atomic mass is 79.9. The van der Waals surface area contributed by atoms with Crippen molar-refractivity contribution in [1.29, 1.82) is 0 Å². The highest BCUT2D eigenvalue weighted by molar-refractivity contribution is 9.10. The van der Waals surface area contributed by atoms with Gasteiger partial charge in [0.05, 0.1) is 12.3 Å². The normalized spacial score (nSPS) is 12.7. The van der Waals surface area contributed by atoms with Gasteiger partial charge in [0.15, 0.2) is 10.4 Å². The van der Waals surface area contributed by atoms with Crippen molar-refractivity contribution in [1.82, 2.24) is 5.32 Å². The van der Waals surface area contributed by atoms with E-state index in [9.17, 15) is 13.2 Å². The Kier molecular flexibility index (Phi) is 4.92. The quantitative estimate of drug-likeness (QED) is 0.826. The summed E-state index contributed by atoms with van der Waals surface area (Å²) in [5.41, 5.74) is 1.22. The number of nitrogens with one attached hydrogen (secondary N) is 2. The molecule has 1 aromatic carbocycles. The molecule has 118 valence electrons. The molecule has 0 bridgehead atoms. The number of carbonyl (C=O) groups is 1. The van der Waals surface area contributed by atoms with Crippen LogP contribution in [0.25, 0.3) is 0 Å². The minimum atomic E-state index is -3.34. The molecule has 1 aromatic heterocycles. The van der Waals surface area contributed by atoms with Crippen LogP contribution in [0.5, 0.6) is 0 Å². The second-order valence-corrected chi connectivity index (χ2v) is 7.33. The van der Waals surface area contributed by atoms with E-state index in [-0.39, 0.29) is 17.7 Å². The third kappa shape index (κ3) is 4.60. The summed E-state index contributed by atoms with van der Waals surface area (Å²) < 4.78 is 30.6. The van der Waals surface area contributed by atoms with Gasteiger partial charge < -0.3 is 9.73 Å². The number of sulfonamides is 1. The highest BCUT2D eigenvalue weighted by Gasteiger charge is 2.15. The highest BCUT2D eigenvalue weighted by Crippen LogP contribution is 2.19. The lowest BCUT2D eigenvalue weighted by molar-refractivity contribution is 0.0910. The third-order valence-corrected chi connectivity index (χ3v) is 3.87. The Morgan fingerprint density at radius 2 is 2.00 bits per heavy atom. The fourth-order valence-corrected chi connectivity index (χ4v) is 2.73. The summed E-state index contributed by atoms with van der Waals surface area (Å²) in [5, 5.41) is 2.79. The Hall–Kier alpha value is -1.80. The van der Waals surface area contributed by atoms with E-state index in [0.29, 0.717) is 10.4 Å². The summed E-state index contributed by atoms with van der Waals surface area (Å²) in [6.07, 6.45) is 1.08. The summed E-state index contributed by atoms with van der Waals surface area (Å²) in [5.74, 6) is -0.149. The second kappa shape index (κ2) is 6.53. The molecular weight excluding hydrogens is 372 g/mol. The van der Waals surface area contributed by atoms with E-state index >= 15 is 0 Å². The Bertz CT molecular complexity index is 786. The molecule has 1 amide bonds. The number of carbonyl (C=O) groups excluding carboxylic acids is 1. The molecule has 0 fully saturated rings. The van der Waals surface area contributed by atoms with Gasteiger partial charge in [-0.3, -0.25) is 9.52 Å². The molecule has 0 saturated heterocycles. The molecule has 2 rings (SSSR count). The standard InChI is InChI=1S/C14H15BrN2O4S/c1-9(16-14(18)12-6-7-13(15)21-12)10-4-3-5-11(8-10)17-22(2,19)20/h3-9,17H,1-2H3,(H,16,18). The Balaban J connectivity index is 2.11. The van der Waals surface area contributed by atoms with Crippen molar-refractivity contribution in [2.24, 2.45) is 0 Å². The molecule has 0 aliphatic carbocycles. The Morgan fingerprint density at radius 3 is 2.59 bits per heavy atom. The maximum Gasteiger partial charge on any atom is 0.287 e. The van der Waals surface area contributed by atoms with E-state index in [2.05, 4.69) is 26.0 Å². The molecule has 0 aliphatic rings. The molecule has 0 spiro atoms. The minimum Gasteiger partial charge on any atom is -0.444 e. The van der Waals surface area contributed by atoms with Gasteiger partial charge in [0.25, 0.3) is 5.91 Å². The van der Waals surface area contributed by atoms with Crippen molar-refractivity contribution in [2.45, 2.75) is 13.0 Å². The first-order valence-electron chi connectivity index (χ1n) is 6.38. The molecule has 6 nitrogen and oxygen atoms in total. The van der Waals surface area contributed by atoms with E-state index in [1.165, 1.54) is 0 Å². The van der Waals surface area contributed by atoms with Gasteiger partial charge >= 0.3 is 0 Å². The number of furan rings is 1. The topological polar surface area (TPSA) is 88.4 Å². The van der Waals surface area contributed by atoms with Crippen molar-refractivity contribution in [3.63, 3.8) is 0 Å². The maximum atomic E-state index is 12.0. The number of amides is 1.